The second kappa shape index (κ2) is 4.47. The third kappa shape index (κ3) is 2.82. The normalized spacial score (nSPS) is 11.2. The molecule has 0 saturated heterocycles. The summed E-state index contributed by atoms with van der Waals surface area (Å²) in [6.07, 6.45) is 0.534. The van der Waals surface area contributed by atoms with Gasteiger partial charge in [0.05, 0.1) is 0 Å². The molecule has 0 aromatic heterocycles. The van der Waals surface area contributed by atoms with Gasteiger partial charge in [-0.15, -0.1) is 0 Å². The summed E-state index contributed by atoms with van der Waals surface area (Å²) in [4.78, 5) is 13.7. The van der Waals surface area contributed by atoms with Crippen molar-refractivity contribution in [2.75, 3.05) is 4.90 Å². The van der Waals surface area contributed by atoms with Crippen molar-refractivity contribution in [3.63, 3.8) is 0 Å². The van der Waals surface area contributed by atoms with E-state index < -0.39 is 0 Å². The highest BCUT2D eigenvalue weighted by molar-refractivity contribution is 5.94. The summed E-state index contributed by atoms with van der Waals surface area (Å²) in [5.41, 5.74) is 0.797. The van der Waals surface area contributed by atoms with Crippen LogP contribution in [0.5, 0.6) is 0 Å². The first-order chi connectivity index (χ1) is 6.96. The fraction of sp³-hybridized carbons (Fsp3) is 0.462. The van der Waals surface area contributed by atoms with Crippen molar-refractivity contribution in [3.05, 3.63) is 30.3 Å². The summed E-state index contributed by atoms with van der Waals surface area (Å²) in [5.74, 6) is 0.161. The average Bonchev–Trinajstić information content (AvgIpc) is 2.17. The first-order valence-electron chi connectivity index (χ1n) is 5.35. The van der Waals surface area contributed by atoms with E-state index in [1.807, 2.05) is 62.9 Å². The van der Waals surface area contributed by atoms with Crippen LogP contribution in [0.2, 0.25) is 0 Å². The van der Waals surface area contributed by atoms with Gasteiger partial charge in [-0.2, -0.15) is 0 Å². The molecular weight excluding hydrogens is 186 g/mol. The number of nitrogens with zero attached hydrogens (tertiary/aromatic N) is 1. The predicted octanol–water partition coefficient (Wildman–Crippen LogP) is 3.23. The van der Waals surface area contributed by atoms with Gasteiger partial charge in [0.1, 0.15) is 0 Å². The number of amides is 1. The molecule has 1 rings (SSSR count). The van der Waals surface area contributed by atoms with Crippen molar-refractivity contribution in [1.82, 2.24) is 0 Å². The summed E-state index contributed by atoms with van der Waals surface area (Å²) >= 11 is 0. The average molecular weight is 205 g/mol. The Bertz CT molecular complexity index is 324. The maximum absolute atomic E-state index is 11.9. The van der Waals surface area contributed by atoms with Crippen LogP contribution in [0, 0.1) is 0 Å². The van der Waals surface area contributed by atoms with Gasteiger partial charge >= 0.3 is 0 Å². The van der Waals surface area contributed by atoms with E-state index in [9.17, 15) is 4.79 Å². The number of carbonyl (C=O) groups excluding carboxylic acids is 1. The van der Waals surface area contributed by atoms with E-state index in [0.717, 1.165) is 5.69 Å². The zero-order chi connectivity index (χ0) is 11.5. The highest BCUT2D eigenvalue weighted by Crippen LogP contribution is 2.24. The second-order valence-electron chi connectivity index (χ2n) is 4.59. The van der Waals surface area contributed by atoms with Gasteiger partial charge in [-0.3, -0.25) is 4.79 Å². The number of hydrogen-bond acceptors (Lipinski definition) is 1. The molecule has 0 aliphatic heterocycles. The predicted molar refractivity (Wildman–Crippen MR) is 64.0 cm³/mol. The van der Waals surface area contributed by atoms with Gasteiger partial charge in [0.25, 0.3) is 0 Å². The molecule has 1 aromatic rings. The van der Waals surface area contributed by atoms with Crippen molar-refractivity contribution >= 4 is 11.6 Å². The molecule has 0 N–H and O–H groups in total. The maximum Gasteiger partial charge on any atom is 0.227 e. The summed E-state index contributed by atoms with van der Waals surface area (Å²) in [6, 6.07) is 9.81. The number of anilines is 1. The largest absolute Gasteiger partial charge is 0.307 e. The molecule has 15 heavy (non-hydrogen) atoms. The highest BCUT2D eigenvalue weighted by atomic mass is 16.2. The number of para-hydroxylation sites is 1. The van der Waals surface area contributed by atoms with Crippen LogP contribution in [0.1, 0.15) is 34.1 Å². The molecule has 0 aliphatic rings. The summed E-state index contributed by atoms with van der Waals surface area (Å²) in [7, 11) is 0. The molecular formula is C13H19NO. The number of rotatable bonds is 2. The molecule has 0 aliphatic carbocycles. The first-order valence-corrected chi connectivity index (χ1v) is 5.35. The van der Waals surface area contributed by atoms with Crippen LogP contribution >= 0.6 is 0 Å². The maximum atomic E-state index is 11.9. The highest BCUT2D eigenvalue weighted by Gasteiger charge is 2.26. The van der Waals surface area contributed by atoms with E-state index in [2.05, 4.69) is 0 Å². The molecule has 0 fully saturated rings. The lowest BCUT2D eigenvalue weighted by molar-refractivity contribution is -0.119. The summed E-state index contributed by atoms with van der Waals surface area (Å²) in [5, 5.41) is 0. The van der Waals surface area contributed by atoms with Crippen LogP contribution in [0.4, 0.5) is 5.69 Å². The zero-order valence-corrected chi connectivity index (χ0v) is 9.95. The standard InChI is InChI=1S/C13H19NO/c1-5-12(15)14(13(2,3)4)11-9-7-6-8-10-11/h6-10H,5H2,1-4H3. The van der Waals surface area contributed by atoms with Gasteiger partial charge in [-0.25, -0.2) is 0 Å². The zero-order valence-electron chi connectivity index (χ0n) is 9.95. The van der Waals surface area contributed by atoms with Gasteiger partial charge in [-0.05, 0) is 32.9 Å². The third-order valence-corrected chi connectivity index (χ3v) is 2.24. The lowest BCUT2D eigenvalue weighted by atomic mass is 10.0. The van der Waals surface area contributed by atoms with Crippen LogP contribution in [-0.4, -0.2) is 11.4 Å². The summed E-state index contributed by atoms with van der Waals surface area (Å²) < 4.78 is 0. The van der Waals surface area contributed by atoms with Gasteiger partial charge in [0.15, 0.2) is 0 Å². The molecule has 2 nitrogen and oxygen atoms in total. The molecule has 2 heteroatoms. The fourth-order valence-electron chi connectivity index (χ4n) is 1.64. The van der Waals surface area contributed by atoms with Crippen molar-refractivity contribution in [3.8, 4) is 0 Å². The smallest absolute Gasteiger partial charge is 0.227 e. The minimum Gasteiger partial charge on any atom is -0.307 e. The molecule has 0 saturated carbocycles. The Morgan fingerprint density at radius 1 is 1.20 bits per heavy atom. The Kier molecular flexibility index (Phi) is 3.51. The number of hydrogen-bond donors (Lipinski definition) is 0. The first kappa shape index (κ1) is 11.8. The Morgan fingerprint density at radius 3 is 2.13 bits per heavy atom. The molecule has 82 valence electrons. The molecule has 0 unspecified atom stereocenters. The van der Waals surface area contributed by atoms with Crippen molar-refractivity contribution in [2.45, 2.75) is 39.7 Å². The van der Waals surface area contributed by atoms with E-state index in [-0.39, 0.29) is 11.4 Å². The van der Waals surface area contributed by atoms with E-state index in [0.29, 0.717) is 6.42 Å². The Labute approximate surface area is 91.9 Å². The Hall–Kier alpha value is -1.31. The van der Waals surface area contributed by atoms with Crippen LogP contribution < -0.4 is 4.90 Å². The molecule has 0 spiro atoms. The molecule has 0 bridgehead atoms. The monoisotopic (exact) mass is 205 g/mol. The Balaban J connectivity index is 3.08. The SMILES string of the molecule is CCC(=O)N(c1ccccc1)C(C)(C)C. The lowest BCUT2D eigenvalue weighted by Gasteiger charge is -2.35. The Morgan fingerprint density at radius 2 is 1.73 bits per heavy atom. The minimum absolute atomic E-state index is 0.161. The fourth-order valence-corrected chi connectivity index (χ4v) is 1.64. The van der Waals surface area contributed by atoms with Crippen LogP contribution in [-0.2, 0) is 4.79 Å². The van der Waals surface area contributed by atoms with E-state index in [1.54, 1.807) is 0 Å². The van der Waals surface area contributed by atoms with Gasteiger partial charge in [0.2, 0.25) is 5.91 Å². The number of carbonyl (C=O) groups is 1. The van der Waals surface area contributed by atoms with Crippen molar-refractivity contribution in [1.29, 1.82) is 0 Å². The molecule has 0 radical (unpaired) electrons. The van der Waals surface area contributed by atoms with Gasteiger partial charge in [-0.1, -0.05) is 25.1 Å². The van der Waals surface area contributed by atoms with Crippen molar-refractivity contribution < 1.29 is 4.79 Å². The lowest BCUT2D eigenvalue weighted by Crippen LogP contribution is -2.45. The second-order valence-corrected chi connectivity index (χ2v) is 4.59. The van der Waals surface area contributed by atoms with Crippen LogP contribution in [0.25, 0.3) is 0 Å². The van der Waals surface area contributed by atoms with Crippen molar-refractivity contribution in [2.24, 2.45) is 0 Å². The quantitative estimate of drug-likeness (QED) is 0.726. The topological polar surface area (TPSA) is 20.3 Å². The van der Waals surface area contributed by atoms with Crippen LogP contribution in [0.15, 0.2) is 30.3 Å². The molecule has 0 heterocycles. The van der Waals surface area contributed by atoms with E-state index >= 15 is 0 Å². The summed E-state index contributed by atoms with van der Waals surface area (Å²) in [6.45, 7) is 8.04. The van der Waals surface area contributed by atoms with Gasteiger partial charge < -0.3 is 4.90 Å². The number of benzene rings is 1. The van der Waals surface area contributed by atoms with Gasteiger partial charge in [0, 0.05) is 17.6 Å². The minimum atomic E-state index is -0.172. The molecule has 0 atom stereocenters. The van der Waals surface area contributed by atoms with E-state index in [1.165, 1.54) is 0 Å². The molecule has 1 amide bonds. The van der Waals surface area contributed by atoms with Crippen LogP contribution in [0.3, 0.4) is 0 Å². The third-order valence-electron chi connectivity index (χ3n) is 2.24. The van der Waals surface area contributed by atoms with E-state index in [4.69, 9.17) is 0 Å². The molecule has 1 aromatic carbocycles.